The Balaban J connectivity index is 1.83. The van der Waals surface area contributed by atoms with Crippen LogP contribution in [0, 0.1) is 18.3 Å². The number of hydrogen-bond acceptors (Lipinski definition) is 5. The lowest BCUT2D eigenvalue weighted by Gasteiger charge is -2.34. The summed E-state index contributed by atoms with van der Waals surface area (Å²) in [6, 6.07) is 18.0. The van der Waals surface area contributed by atoms with Crippen molar-refractivity contribution in [3.63, 3.8) is 0 Å². The predicted molar refractivity (Wildman–Crippen MR) is 124 cm³/mol. The van der Waals surface area contributed by atoms with Crippen LogP contribution in [0.4, 0.5) is 5.69 Å². The fourth-order valence-corrected chi connectivity index (χ4v) is 4.83. The van der Waals surface area contributed by atoms with Gasteiger partial charge in [-0.1, -0.05) is 41.9 Å². The number of hydrogen-bond donors (Lipinski definition) is 1. The number of aromatic nitrogens is 1. The molecule has 0 saturated heterocycles. The van der Waals surface area contributed by atoms with Crippen LogP contribution in [0.15, 0.2) is 70.8 Å². The van der Waals surface area contributed by atoms with Gasteiger partial charge < -0.3 is 19.9 Å². The molecule has 2 aliphatic heterocycles. The Morgan fingerprint density at radius 3 is 2.55 bits per heavy atom. The van der Waals surface area contributed by atoms with Crippen molar-refractivity contribution in [2.75, 3.05) is 4.90 Å². The van der Waals surface area contributed by atoms with Crippen molar-refractivity contribution in [1.29, 1.82) is 5.26 Å². The van der Waals surface area contributed by atoms with E-state index in [-0.39, 0.29) is 29.3 Å². The van der Waals surface area contributed by atoms with Gasteiger partial charge in [-0.2, -0.15) is 5.26 Å². The largest absolute Gasteiger partial charge is 0.440 e. The third kappa shape index (κ3) is 2.74. The number of aryl methyl sites for hydroxylation is 1. The number of halogens is 1. The van der Waals surface area contributed by atoms with Crippen molar-refractivity contribution in [2.24, 2.45) is 12.8 Å². The second-order valence-electron chi connectivity index (χ2n) is 8.13. The Hall–Kier alpha value is -4.02. The zero-order chi connectivity index (χ0) is 23.5. The molecule has 33 heavy (non-hydrogen) atoms. The van der Waals surface area contributed by atoms with Crippen LogP contribution in [-0.2, 0) is 23.8 Å². The van der Waals surface area contributed by atoms with E-state index in [0.717, 1.165) is 5.56 Å². The van der Waals surface area contributed by atoms with Crippen LogP contribution in [0.5, 0.6) is 5.75 Å². The molecule has 2 N–H and O–H groups in total. The van der Waals surface area contributed by atoms with E-state index in [1.807, 2.05) is 18.2 Å². The summed E-state index contributed by atoms with van der Waals surface area (Å²) in [6.07, 6.45) is 0. The summed E-state index contributed by atoms with van der Waals surface area (Å²) in [5.74, 6) is -0.429. The van der Waals surface area contributed by atoms with Gasteiger partial charge in [-0.15, -0.1) is 0 Å². The lowest BCUT2D eigenvalue weighted by molar-refractivity contribution is -0.121. The standard InChI is InChI=1S/C25H19ClN4O3/c1-14-11-20-21(23(31)29(14)2)25(18(12-27)22(28)33-20)17-5-3-4-6-19(17)30(24(25)32)13-15-7-9-16(26)10-8-15/h3-11H,13,28H2,1-2H3. The lowest BCUT2D eigenvalue weighted by atomic mass is 9.69. The minimum Gasteiger partial charge on any atom is -0.440 e. The van der Waals surface area contributed by atoms with E-state index >= 15 is 0 Å². The number of nitriles is 1. The third-order valence-electron chi connectivity index (χ3n) is 6.38. The zero-order valence-corrected chi connectivity index (χ0v) is 18.7. The second-order valence-corrected chi connectivity index (χ2v) is 8.56. The fraction of sp³-hybridized carbons (Fsp3) is 0.160. The molecular formula is C25H19ClN4O3. The number of amides is 1. The van der Waals surface area contributed by atoms with Gasteiger partial charge in [-0.25, -0.2) is 0 Å². The van der Waals surface area contributed by atoms with Crippen LogP contribution < -0.4 is 20.9 Å². The minimum absolute atomic E-state index is 0.0907. The van der Waals surface area contributed by atoms with Crippen LogP contribution in [0.3, 0.4) is 0 Å². The summed E-state index contributed by atoms with van der Waals surface area (Å²) in [7, 11) is 1.62. The lowest BCUT2D eigenvalue weighted by Crippen LogP contribution is -2.49. The average Bonchev–Trinajstić information content (AvgIpc) is 3.03. The summed E-state index contributed by atoms with van der Waals surface area (Å²) in [5.41, 5.74) is 6.68. The monoisotopic (exact) mass is 458 g/mol. The van der Waals surface area contributed by atoms with Crippen LogP contribution in [0.2, 0.25) is 5.02 Å². The number of fused-ring (bicyclic) bond motifs is 4. The van der Waals surface area contributed by atoms with Crippen molar-refractivity contribution in [2.45, 2.75) is 18.9 Å². The number of para-hydroxylation sites is 1. The third-order valence-corrected chi connectivity index (χ3v) is 6.63. The maximum Gasteiger partial charge on any atom is 0.259 e. The molecule has 0 saturated carbocycles. The van der Waals surface area contributed by atoms with Gasteiger partial charge in [0.15, 0.2) is 5.41 Å². The van der Waals surface area contributed by atoms with Crippen LogP contribution >= 0.6 is 11.6 Å². The first kappa shape index (κ1) is 20.9. The molecule has 1 spiro atoms. The smallest absolute Gasteiger partial charge is 0.259 e. The molecule has 1 aromatic heterocycles. The van der Waals surface area contributed by atoms with E-state index in [9.17, 15) is 14.9 Å². The Morgan fingerprint density at radius 2 is 1.85 bits per heavy atom. The van der Waals surface area contributed by atoms with E-state index in [2.05, 4.69) is 6.07 Å². The Labute approximate surface area is 194 Å². The minimum atomic E-state index is -1.70. The number of ether oxygens (including phenoxy) is 1. The van der Waals surface area contributed by atoms with Crippen molar-refractivity contribution >= 4 is 23.2 Å². The quantitative estimate of drug-likeness (QED) is 0.635. The number of carbonyl (C=O) groups is 1. The molecule has 5 rings (SSSR count). The van der Waals surface area contributed by atoms with Gasteiger partial charge in [0.2, 0.25) is 11.8 Å². The Kier molecular flexibility index (Phi) is 4.59. The van der Waals surface area contributed by atoms with E-state index in [1.165, 1.54) is 4.57 Å². The van der Waals surface area contributed by atoms with Gasteiger partial charge >= 0.3 is 0 Å². The van der Waals surface area contributed by atoms with Crippen LogP contribution in [-0.4, -0.2) is 10.5 Å². The van der Waals surface area contributed by atoms with Crippen molar-refractivity contribution < 1.29 is 9.53 Å². The first-order chi connectivity index (χ1) is 15.8. The predicted octanol–water partition coefficient (Wildman–Crippen LogP) is 3.27. The van der Waals surface area contributed by atoms with Crippen molar-refractivity contribution in [1.82, 2.24) is 4.57 Å². The summed E-state index contributed by atoms with van der Waals surface area (Å²) in [5, 5.41) is 10.7. The van der Waals surface area contributed by atoms with Gasteiger partial charge in [0.05, 0.1) is 12.1 Å². The number of nitrogens with zero attached hydrogens (tertiary/aromatic N) is 3. The SMILES string of the molecule is Cc1cc2c(c(=O)n1C)C1(C(=O)N(Cc3ccc(Cl)cc3)c3ccccc31)C(C#N)=C(N)O2. The molecule has 3 aromatic rings. The second kappa shape index (κ2) is 7.26. The number of anilines is 1. The van der Waals surface area contributed by atoms with E-state index < -0.39 is 16.9 Å². The molecular weight excluding hydrogens is 440 g/mol. The van der Waals surface area contributed by atoms with Crippen molar-refractivity contribution in [3.8, 4) is 11.8 Å². The highest BCUT2D eigenvalue weighted by Crippen LogP contribution is 2.54. The highest BCUT2D eigenvalue weighted by molar-refractivity contribution is 6.30. The molecule has 1 unspecified atom stereocenters. The molecule has 3 heterocycles. The van der Waals surface area contributed by atoms with E-state index in [1.54, 1.807) is 55.3 Å². The van der Waals surface area contributed by atoms with Crippen molar-refractivity contribution in [3.05, 3.63) is 104 Å². The molecule has 0 bridgehead atoms. The molecule has 7 nitrogen and oxygen atoms in total. The number of benzene rings is 2. The van der Waals surface area contributed by atoms with E-state index in [0.29, 0.717) is 22.0 Å². The number of pyridine rings is 1. The highest BCUT2D eigenvalue weighted by Gasteiger charge is 2.60. The van der Waals surface area contributed by atoms with Gasteiger partial charge in [-0.3, -0.25) is 9.59 Å². The first-order valence-corrected chi connectivity index (χ1v) is 10.6. The topological polar surface area (TPSA) is 101 Å². The molecule has 1 amide bonds. The van der Waals surface area contributed by atoms with Gasteiger partial charge in [0.25, 0.3) is 5.56 Å². The Morgan fingerprint density at radius 1 is 1.15 bits per heavy atom. The molecule has 2 aliphatic rings. The number of nitrogens with two attached hydrogens (primary N) is 1. The zero-order valence-electron chi connectivity index (χ0n) is 17.9. The molecule has 2 aromatic carbocycles. The maximum atomic E-state index is 14.3. The molecule has 0 aliphatic carbocycles. The summed E-state index contributed by atoms with van der Waals surface area (Å²) < 4.78 is 7.15. The van der Waals surface area contributed by atoms with Gasteiger partial charge in [-0.05, 0) is 30.7 Å². The molecule has 164 valence electrons. The molecule has 0 radical (unpaired) electrons. The summed E-state index contributed by atoms with van der Waals surface area (Å²) in [4.78, 5) is 29.4. The number of carbonyl (C=O) groups excluding carboxylic acids is 1. The number of rotatable bonds is 2. The molecule has 0 fully saturated rings. The van der Waals surface area contributed by atoms with Crippen LogP contribution in [0.25, 0.3) is 0 Å². The highest BCUT2D eigenvalue weighted by atomic mass is 35.5. The Bertz CT molecular complexity index is 1470. The maximum absolute atomic E-state index is 14.3. The van der Waals surface area contributed by atoms with E-state index in [4.69, 9.17) is 22.1 Å². The summed E-state index contributed by atoms with van der Waals surface area (Å²) in [6.45, 7) is 1.99. The normalized spacial score (nSPS) is 18.7. The molecule has 8 heteroatoms. The average molecular weight is 459 g/mol. The summed E-state index contributed by atoms with van der Waals surface area (Å²) >= 11 is 6.02. The first-order valence-electron chi connectivity index (χ1n) is 10.3. The van der Waals surface area contributed by atoms with Gasteiger partial charge in [0.1, 0.15) is 17.4 Å². The van der Waals surface area contributed by atoms with Crippen LogP contribution in [0.1, 0.15) is 22.4 Å². The fourth-order valence-electron chi connectivity index (χ4n) is 4.70. The molecule has 1 atom stereocenters. The van der Waals surface area contributed by atoms with Gasteiger partial charge in [0, 0.05) is 35.1 Å².